The highest BCUT2D eigenvalue weighted by Crippen LogP contribution is 2.35. The summed E-state index contributed by atoms with van der Waals surface area (Å²) in [6, 6.07) is 4.09. The average molecular weight is 395 g/mol. The van der Waals surface area contributed by atoms with Gasteiger partial charge in [0.25, 0.3) is 10.0 Å². The Hall–Kier alpha value is -1.36. The molecule has 1 N–H and O–H groups in total. The van der Waals surface area contributed by atoms with E-state index in [2.05, 4.69) is 23.8 Å². The second kappa shape index (κ2) is 9.22. The van der Waals surface area contributed by atoms with Crippen LogP contribution in [0.2, 0.25) is 0 Å². The molecule has 0 heterocycles. The van der Waals surface area contributed by atoms with Gasteiger partial charge in [0.05, 0.1) is 4.90 Å². The normalized spacial score (nSPS) is 12.6. The molecule has 0 spiro atoms. The van der Waals surface area contributed by atoms with Crippen molar-refractivity contribution in [2.45, 2.75) is 91.9 Å². The highest BCUT2D eigenvalue weighted by atomic mass is 32.2. The van der Waals surface area contributed by atoms with Crippen molar-refractivity contribution in [2.24, 2.45) is 16.9 Å². The van der Waals surface area contributed by atoms with Crippen LogP contribution in [0.1, 0.15) is 104 Å². The fourth-order valence-electron chi connectivity index (χ4n) is 3.28. The molecule has 0 amide bonds. The highest BCUT2D eigenvalue weighted by molar-refractivity contribution is 7.89. The minimum Gasteiger partial charge on any atom is -0.200 e. The Labute approximate surface area is 166 Å². The fourth-order valence-corrected chi connectivity index (χ4v) is 4.81. The topological polar surface area (TPSA) is 58.5 Å². The van der Waals surface area contributed by atoms with Crippen molar-refractivity contribution in [3.63, 3.8) is 0 Å². The molecule has 0 aliphatic heterocycles. The molecule has 154 valence electrons. The number of hydrazone groups is 1. The zero-order chi connectivity index (χ0) is 21.1. The first kappa shape index (κ1) is 23.7. The number of hydrogen-bond acceptors (Lipinski definition) is 3. The molecule has 0 atom stereocenters. The third-order valence-corrected chi connectivity index (χ3v) is 6.17. The number of hydrogen-bond donors (Lipinski definition) is 1. The van der Waals surface area contributed by atoms with E-state index in [9.17, 15) is 8.42 Å². The molecule has 1 aromatic rings. The maximum Gasteiger partial charge on any atom is 0.277 e. The SMILES string of the molecule is CC(C)C(=NNS(=O)(=O)c1c(C(C)C)cc(C(C)C)cc1C(C)C)C(C)C. The highest BCUT2D eigenvalue weighted by Gasteiger charge is 2.27. The Kier molecular flexibility index (Phi) is 8.09. The lowest BCUT2D eigenvalue weighted by Gasteiger charge is -2.23. The number of sulfonamides is 1. The largest absolute Gasteiger partial charge is 0.277 e. The number of nitrogens with one attached hydrogen (secondary N) is 1. The van der Waals surface area contributed by atoms with E-state index in [1.165, 1.54) is 5.56 Å². The molecule has 0 bridgehead atoms. The standard InChI is InChI=1S/C22H38N2O2S/c1-13(2)18-11-19(14(3)4)22(20(12-18)15(5)6)27(25,26)24-23-21(16(7)8)17(9)10/h11-17,24H,1-10H3. The third-order valence-electron chi connectivity index (χ3n) is 4.83. The summed E-state index contributed by atoms with van der Waals surface area (Å²) in [6.45, 7) is 20.6. The van der Waals surface area contributed by atoms with Crippen LogP contribution in [0.5, 0.6) is 0 Å². The van der Waals surface area contributed by atoms with Gasteiger partial charge in [-0.15, -0.1) is 0 Å². The molecule has 0 radical (unpaired) electrons. The van der Waals surface area contributed by atoms with E-state index in [-0.39, 0.29) is 23.7 Å². The molecular formula is C22H38N2O2S. The van der Waals surface area contributed by atoms with Crippen molar-refractivity contribution in [1.82, 2.24) is 4.83 Å². The molecule has 0 aliphatic carbocycles. The van der Waals surface area contributed by atoms with Crippen LogP contribution in [0.3, 0.4) is 0 Å². The summed E-state index contributed by atoms with van der Waals surface area (Å²) in [6.07, 6.45) is 0. The predicted octanol–water partition coefficient (Wildman–Crippen LogP) is 6.00. The minimum absolute atomic E-state index is 0.103. The molecule has 1 aromatic carbocycles. The smallest absolute Gasteiger partial charge is 0.200 e. The van der Waals surface area contributed by atoms with Gasteiger partial charge in [-0.05, 0) is 46.3 Å². The van der Waals surface area contributed by atoms with Crippen LogP contribution in [0.25, 0.3) is 0 Å². The molecule has 27 heavy (non-hydrogen) atoms. The Morgan fingerprint density at radius 1 is 0.778 bits per heavy atom. The molecule has 0 saturated carbocycles. The maximum absolute atomic E-state index is 13.3. The molecule has 5 heteroatoms. The number of rotatable bonds is 8. The number of benzene rings is 1. The Morgan fingerprint density at radius 3 is 1.48 bits per heavy atom. The van der Waals surface area contributed by atoms with Gasteiger partial charge in [0.2, 0.25) is 0 Å². The Morgan fingerprint density at radius 2 is 1.19 bits per heavy atom. The van der Waals surface area contributed by atoms with E-state index >= 15 is 0 Å². The first-order chi connectivity index (χ1) is 12.3. The van der Waals surface area contributed by atoms with Crippen molar-refractivity contribution >= 4 is 15.7 Å². The summed E-state index contributed by atoms with van der Waals surface area (Å²) in [5.41, 5.74) is 3.76. The molecule has 0 aliphatic rings. The predicted molar refractivity (Wildman–Crippen MR) is 116 cm³/mol. The lowest BCUT2D eigenvalue weighted by atomic mass is 9.89. The van der Waals surface area contributed by atoms with Crippen molar-refractivity contribution in [3.8, 4) is 0 Å². The number of nitrogens with zero attached hydrogens (tertiary/aromatic N) is 1. The Balaban J connectivity index is 3.64. The van der Waals surface area contributed by atoms with Crippen LogP contribution < -0.4 is 4.83 Å². The van der Waals surface area contributed by atoms with Gasteiger partial charge < -0.3 is 0 Å². The van der Waals surface area contributed by atoms with Crippen LogP contribution in [0.15, 0.2) is 22.1 Å². The van der Waals surface area contributed by atoms with Crippen molar-refractivity contribution in [2.75, 3.05) is 0 Å². The van der Waals surface area contributed by atoms with Gasteiger partial charge in [-0.1, -0.05) is 81.4 Å². The van der Waals surface area contributed by atoms with Crippen molar-refractivity contribution < 1.29 is 8.42 Å². The summed E-state index contributed by atoms with van der Waals surface area (Å²) in [7, 11) is -3.75. The van der Waals surface area contributed by atoms with E-state index in [4.69, 9.17) is 0 Å². The van der Waals surface area contributed by atoms with Crippen LogP contribution in [-0.2, 0) is 10.0 Å². The lowest BCUT2D eigenvalue weighted by Crippen LogP contribution is -2.26. The van der Waals surface area contributed by atoms with Crippen molar-refractivity contribution in [1.29, 1.82) is 0 Å². The zero-order valence-electron chi connectivity index (χ0n) is 18.7. The molecule has 0 saturated heterocycles. The molecule has 0 fully saturated rings. The summed E-state index contributed by atoms with van der Waals surface area (Å²) in [5, 5.41) is 4.31. The maximum atomic E-state index is 13.3. The minimum atomic E-state index is -3.75. The molecule has 0 unspecified atom stereocenters. The van der Waals surface area contributed by atoms with E-state index in [1.807, 2.05) is 67.5 Å². The first-order valence-electron chi connectivity index (χ1n) is 10.1. The van der Waals surface area contributed by atoms with E-state index < -0.39 is 10.0 Å². The average Bonchev–Trinajstić information content (AvgIpc) is 2.52. The summed E-state index contributed by atoms with van der Waals surface area (Å²) >= 11 is 0. The summed E-state index contributed by atoms with van der Waals surface area (Å²) < 4.78 is 26.6. The summed E-state index contributed by atoms with van der Waals surface area (Å²) in [5.74, 6) is 0.921. The van der Waals surface area contributed by atoms with E-state index in [0.29, 0.717) is 10.8 Å². The van der Waals surface area contributed by atoms with Gasteiger partial charge in [0.1, 0.15) is 0 Å². The van der Waals surface area contributed by atoms with Gasteiger partial charge >= 0.3 is 0 Å². The van der Waals surface area contributed by atoms with E-state index in [1.54, 1.807) is 0 Å². The second-order valence-corrected chi connectivity index (χ2v) is 10.5. The fraction of sp³-hybridized carbons (Fsp3) is 0.682. The monoisotopic (exact) mass is 394 g/mol. The zero-order valence-corrected chi connectivity index (χ0v) is 19.5. The molecular weight excluding hydrogens is 356 g/mol. The van der Waals surface area contributed by atoms with Crippen LogP contribution in [0.4, 0.5) is 0 Å². The van der Waals surface area contributed by atoms with Gasteiger partial charge in [0.15, 0.2) is 0 Å². The van der Waals surface area contributed by atoms with Gasteiger partial charge in [0, 0.05) is 5.71 Å². The third kappa shape index (κ3) is 5.81. The van der Waals surface area contributed by atoms with E-state index in [0.717, 1.165) is 16.8 Å². The van der Waals surface area contributed by atoms with Crippen LogP contribution in [-0.4, -0.2) is 14.1 Å². The Bertz CT molecular complexity index is 734. The lowest BCUT2D eigenvalue weighted by molar-refractivity contribution is 0.577. The molecule has 1 rings (SSSR count). The quantitative estimate of drug-likeness (QED) is 0.434. The molecule has 0 aromatic heterocycles. The van der Waals surface area contributed by atoms with Crippen LogP contribution in [0, 0.1) is 11.8 Å². The summed E-state index contributed by atoms with van der Waals surface area (Å²) in [4.78, 5) is 2.93. The van der Waals surface area contributed by atoms with Gasteiger partial charge in [-0.3, -0.25) is 0 Å². The van der Waals surface area contributed by atoms with Gasteiger partial charge in [-0.25, -0.2) is 4.83 Å². The second-order valence-electron chi connectivity index (χ2n) is 8.93. The van der Waals surface area contributed by atoms with Gasteiger partial charge in [-0.2, -0.15) is 13.5 Å². The molecule has 4 nitrogen and oxygen atoms in total. The van der Waals surface area contributed by atoms with Crippen molar-refractivity contribution in [3.05, 3.63) is 28.8 Å². The van der Waals surface area contributed by atoms with Crippen LogP contribution >= 0.6 is 0 Å². The first-order valence-corrected chi connectivity index (χ1v) is 11.5.